The van der Waals surface area contributed by atoms with Gasteiger partial charge in [-0.15, -0.1) is 0 Å². The minimum atomic E-state index is 0.850. The van der Waals surface area contributed by atoms with Gasteiger partial charge in [0, 0.05) is 0 Å². The zero-order chi connectivity index (χ0) is 12.1. The summed E-state index contributed by atoms with van der Waals surface area (Å²) in [4.78, 5) is 0. The summed E-state index contributed by atoms with van der Waals surface area (Å²) in [5, 5.41) is 0. The normalized spacial score (nSPS) is 13.4. The summed E-state index contributed by atoms with van der Waals surface area (Å²) in [7, 11) is 0. The molecule has 0 aliphatic carbocycles. The first-order valence-corrected chi connectivity index (χ1v) is 7.04. The summed E-state index contributed by atoms with van der Waals surface area (Å²) in [5.74, 6) is 0.850. The van der Waals surface area contributed by atoms with Gasteiger partial charge in [-0.05, 0) is 25.2 Å². The molecule has 94 valence electrons. The van der Waals surface area contributed by atoms with Gasteiger partial charge in [0.2, 0.25) is 0 Å². The van der Waals surface area contributed by atoms with E-state index < -0.39 is 0 Å². The van der Waals surface area contributed by atoms with Crippen LogP contribution in [-0.4, -0.2) is 0 Å². The maximum Gasteiger partial charge on any atom is -0.0325 e. The van der Waals surface area contributed by atoms with Gasteiger partial charge >= 0.3 is 0 Å². The molecule has 2 radical (unpaired) electrons. The van der Waals surface area contributed by atoms with Gasteiger partial charge in [0.05, 0.1) is 0 Å². The van der Waals surface area contributed by atoms with Crippen LogP contribution in [0.3, 0.4) is 0 Å². The average molecular weight is 222 g/mol. The molecular formula is C16H30. The van der Waals surface area contributed by atoms with Crippen molar-refractivity contribution in [3.8, 4) is 0 Å². The number of rotatable bonds is 11. The molecule has 0 amide bonds. The van der Waals surface area contributed by atoms with Crippen molar-refractivity contribution >= 4 is 0 Å². The van der Waals surface area contributed by atoms with Gasteiger partial charge in [-0.1, -0.05) is 77.9 Å². The second kappa shape index (κ2) is 12.8. The molecule has 0 aromatic heterocycles. The highest BCUT2D eigenvalue weighted by Gasteiger charge is 1.98. The lowest BCUT2D eigenvalue weighted by molar-refractivity contribution is 0.504. The van der Waals surface area contributed by atoms with Gasteiger partial charge in [-0.2, -0.15) is 0 Å². The predicted octanol–water partition coefficient (Wildman–Crippen LogP) is 5.75. The first-order valence-electron chi connectivity index (χ1n) is 7.04. The van der Waals surface area contributed by atoms with Crippen molar-refractivity contribution in [2.24, 2.45) is 5.92 Å². The summed E-state index contributed by atoms with van der Waals surface area (Å²) in [6.07, 6.45) is 17.4. The van der Waals surface area contributed by atoms with Crippen molar-refractivity contribution in [3.05, 3.63) is 26.0 Å². The van der Waals surface area contributed by atoms with Crippen molar-refractivity contribution in [1.29, 1.82) is 0 Å². The Morgan fingerprint density at radius 3 is 2.25 bits per heavy atom. The maximum absolute atomic E-state index is 3.88. The van der Waals surface area contributed by atoms with Crippen LogP contribution in [0.5, 0.6) is 0 Å². The van der Waals surface area contributed by atoms with Crippen LogP contribution in [0.25, 0.3) is 0 Å². The molecule has 0 rings (SSSR count). The smallest absolute Gasteiger partial charge is 0.0325 e. The third kappa shape index (κ3) is 11.8. The lowest BCUT2D eigenvalue weighted by Crippen LogP contribution is -1.92. The molecule has 0 saturated heterocycles. The van der Waals surface area contributed by atoms with Crippen LogP contribution in [0.1, 0.15) is 71.1 Å². The van der Waals surface area contributed by atoms with Crippen molar-refractivity contribution in [3.63, 3.8) is 0 Å². The Kier molecular flexibility index (Phi) is 12.6. The zero-order valence-corrected chi connectivity index (χ0v) is 11.2. The molecule has 0 fully saturated rings. The fourth-order valence-corrected chi connectivity index (χ4v) is 1.85. The van der Waals surface area contributed by atoms with Gasteiger partial charge in [0.1, 0.15) is 0 Å². The van der Waals surface area contributed by atoms with E-state index in [0.29, 0.717) is 0 Å². The molecule has 0 saturated carbocycles. The molecular weight excluding hydrogens is 192 g/mol. The second-order valence-electron chi connectivity index (χ2n) is 4.86. The lowest BCUT2D eigenvalue weighted by Gasteiger charge is -2.07. The molecule has 0 aliphatic rings. The fourth-order valence-electron chi connectivity index (χ4n) is 1.85. The first kappa shape index (κ1) is 15.7. The highest BCUT2D eigenvalue weighted by atomic mass is 14.0. The molecule has 0 aliphatic heterocycles. The Hall–Kier alpha value is -0.260. The molecule has 1 unspecified atom stereocenters. The van der Waals surface area contributed by atoms with Gasteiger partial charge in [0.15, 0.2) is 0 Å². The van der Waals surface area contributed by atoms with Gasteiger partial charge in [0.25, 0.3) is 0 Å². The zero-order valence-electron chi connectivity index (χ0n) is 11.2. The molecule has 0 heteroatoms. The van der Waals surface area contributed by atoms with Crippen molar-refractivity contribution in [2.45, 2.75) is 71.1 Å². The van der Waals surface area contributed by atoms with E-state index in [1.807, 2.05) is 0 Å². The SMILES string of the molecule is [CH2]CCCCC/C=C/CC(C)CCCC[CH2]. The van der Waals surface area contributed by atoms with E-state index in [-0.39, 0.29) is 0 Å². The van der Waals surface area contributed by atoms with E-state index in [4.69, 9.17) is 0 Å². The van der Waals surface area contributed by atoms with E-state index in [2.05, 4.69) is 32.9 Å². The Morgan fingerprint density at radius 2 is 1.56 bits per heavy atom. The van der Waals surface area contributed by atoms with E-state index in [1.165, 1.54) is 51.4 Å². The Bertz CT molecular complexity index is 146. The lowest BCUT2D eigenvalue weighted by atomic mass is 9.99. The van der Waals surface area contributed by atoms with E-state index in [9.17, 15) is 0 Å². The fraction of sp³-hybridized carbons (Fsp3) is 0.750. The minimum Gasteiger partial charge on any atom is -0.0885 e. The van der Waals surface area contributed by atoms with Crippen LogP contribution in [0.15, 0.2) is 12.2 Å². The molecule has 0 nitrogen and oxygen atoms in total. The molecule has 1 atom stereocenters. The second-order valence-corrected chi connectivity index (χ2v) is 4.86. The third-order valence-corrected chi connectivity index (χ3v) is 3.02. The van der Waals surface area contributed by atoms with Gasteiger partial charge in [-0.25, -0.2) is 0 Å². The molecule has 16 heavy (non-hydrogen) atoms. The van der Waals surface area contributed by atoms with Gasteiger partial charge < -0.3 is 0 Å². The average Bonchev–Trinajstić information content (AvgIpc) is 2.28. The standard InChI is InChI=1S/C16H30/c1-4-6-8-9-10-11-13-15-16(3)14-12-7-5-2/h11,13,16H,1-2,4-10,12,14-15H2,3H3/b13-11+. The summed E-state index contributed by atoms with van der Waals surface area (Å²) >= 11 is 0. The first-order chi connectivity index (χ1) is 7.81. The number of hydrogen-bond donors (Lipinski definition) is 0. The van der Waals surface area contributed by atoms with Gasteiger partial charge in [-0.3, -0.25) is 0 Å². The monoisotopic (exact) mass is 222 g/mol. The molecule has 0 aromatic carbocycles. The molecule has 0 spiro atoms. The highest BCUT2D eigenvalue weighted by Crippen LogP contribution is 2.13. The summed E-state index contributed by atoms with van der Waals surface area (Å²) in [6.45, 7) is 10.1. The van der Waals surface area contributed by atoms with Crippen LogP contribution in [0.4, 0.5) is 0 Å². The van der Waals surface area contributed by atoms with Crippen LogP contribution < -0.4 is 0 Å². The van der Waals surface area contributed by atoms with Crippen molar-refractivity contribution in [1.82, 2.24) is 0 Å². The van der Waals surface area contributed by atoms with E-state index in [1.54, 1.807) is 0 Å². The quantitative estimate of drug-likeness (QED) is 0.308. The van der Waals surface area contributed by atoms with Crippen LogP contribution >= 0.6 is 0 Å². The van der Waals surface area contributed by atoms with Crippen LogP contribution in [-0.2, 0) is 0 Å². The number of allylic oxidation sites excluding steroid dienone is 2. The van der Waals surface area contributed by atoms with Crippen LogP contribution in [0, 0.1) is 19.8 Å². The molecule has 0 aromatic rings. The number of hydrogen-bond acceptors (Lipinski definition) is 0. The predicted molar refractivity (Wildman–Crippen MR) is 75.2 cm³/mol. The molecule has 0 bridgehead atoms. The third-order valence-electron chi connectivity index (χ3n) is 3.02. The summed E-state index contributed by atoms with van der Waals surface area (Å²) in [6, 6.07) is 0. The van der Waals surface area contributed by atoms with Crippen molar-refractivity contribution < 1.29 is 0 Å². The maximum atomic E-state index is 3.88. The highest BCUT2D eigenvalue weighted by molar-refractivity contribution is 4.83. The molecule has 0 N–H and O–H groups in total. The van der Waals surface area contributed by atoms with Crippen molar-refractivity contribution in [2.75, 3.05) is 0 Å². The largest absolute Gasteiger partial charge is 0.0885 e. The number of unbranched alkanes of at least 4 members (excludes halogenated alkanes) is 6. The van der Waals surface area contributed by atoms with Crippen LogP contribution in [0.2, 0.25) is 0 Å². The Labute approximate surface area is 104 Å². The van der Waals surface area contributed by atoms with E-state index in [0.717, 1.165) is 18.8 Å². The summed E-state index contributed by atoms with van der Waals surface area (Å²) in [5.41, 5.74) is 0. The topological polar surface area (TPSA) is 0 Å². The summed E-state index contributed by atoms with van der Waals surface area (Å²) < 4.78 is 0. The minimum absolute atomic E-state index is 0.850. The van der Waals surface area contributed by atoms with E-state index >= 15 is 0 Å². The Morgan fingerprint density at radius 1 is 0.875 bits per heavy atom. The Balaban J connectivity index is 3.23. The molecule has 0 heterocycles.